The molecule has 1 aliphatic rings. The zero-order chi connectivity index (χ0) is 16.1. The summed E-state index contributed by atoms with van der Waals surface area (Å²) in [5.74, 6) is 0. The lowest BCUT2D eigenvalue weighted by Crippen LogP contribution is -2.43. The van der Waals surface area contributed by atoms with Gasteiger partial charge in [0.1, 0.15) is 0 Å². The molecule has 0 aromatic carbocycles. The summed E-state index contributed by atoms with van der Waals surface area (Å²) in [7, 11) is 2.21. The first-order chi connectivity index (χ1) is 11.3. The summed E-state index contributed by atoms with van der Waals surface area (Å²) in [6, 6.07) is 9.44. The van der Waals surface area contributed by atoms with Crippen molar-refractivity contribution in [2.24, 2.45) is 0 Å². The minimum absolute atomic E-state index is 0.376. The Balaban J connectivity index is 1.72. The third kappa shape index (κ3) is 4.18. The molecular formula is C18H25N3OS. The first kappa shape index (κ1) is 16.6. The van der Waals surface area contributed by atoms with E-state index in [1.165, 1.54) is 10.4 Å². The lowest BCUT2D eigenvalue weighted by atomic mass is 10.1. The highest BCUT2D eigenvalue weighted by molar-refractivity contribution is 7.10. The van der Waals surface area contributed by atoms with E-state index in [0.717, 1.165) is 32.8 Å². The Morgan fingerprint density at radius 3 is 2.65 bits per heavy atom. The summed E-state index contributed by atoms with van der Waals surface area (Å²) in [5, 5.41) is 2.18. The van der Waals surface area contributed by atoms with Crippen molar-refractivity contribution in [2.45, 2.75) is 19.0 Å². The van der Waals surface area contributed by atoms with Gasteiger partial charge in [0.25, 0.3) is 0 Å². The van der Waals surface area contributed by atoms with Crippen LogP contribution >= 0.6 is 11.3 Å². The summed E-state index contributed by atoms with van der Waals surface area (Å²) in [5.41, 5.74) is 1.31. The molecule has 1 fully saturated rings. The molecule has 3 heterocycles. The van der Waals surface area contributed by atoms with Crippen molar-refractivity contribution in [3.63, 3.8) is 0 Å². The lowest BCUT2D eigenvalue weighted by molar-refractivity contribution is 0.00767. The molecule has 5 heteroatoms. The number of nitrogens with zero attached hydrogens (tertiary/aromatic N) is 3. The van der Waals surface area contributed by atoms with E-state index in [1.807, 2.05) is 23.7 Å². The zero-order valence-corrected chi connectivity index (χ0v) is 14.7. The van der Waals surface area contributed by atoms with Gasteiger partial charge in [-0.05, 0) is 43.1 Å². The van der Waals surface area contributed by atoms with Gasteiger partial charge in [0, 0.05) is 42.9 Å². The molecule has 124 valence electrons. The minimum atomic E-state index is 0.376. The van der Waals surface area contributed by atoms with E-state index in [9.17, 15) is 0 Å². The quantitative estimate of drug-likeness (QED) is 0.813. The van der Waals surface area contributed by atoms with Crippen LogP contribution in [0.4, 0.5) is 0 Å². The van der Waals surface area contributed by atoms with Crippen molar-refractivity contribution in [3.05, 3.63) is 52.5 Å². The van der Waals surface area contributed by atoms with Crippen LogP contribution < -0.4 is 0 Å². The third-order valence-corrected chi connectivity index (χ3v) is 5.64. The number of hydrogen-bond donors (Lipinski definition) is 0. The Bertz CT molecular complexity index is 569. The molecule has 0 saturated carbocycles. The summed E-state index contributed by atoms with van der Waals surface area (Å²) < 4.78 is 5.53. The van der Waals surface area contributed by atoms with Crippen LogP contribution in [0.1, 0.15) is 29.4 Å². The number of ether oxygens (including phenoxy) is 1. The molecule has 0 aliphatic carbocycles. The molecule has 0 bridgehead atoms. The number of rotatable bonds is 6. The van der Waals surface area contributed by atoms with E-state index in [0.29, 0.717) is 12.1 Å². The van der Waals surface area contributed by atoms with Gasteiger partial charge in [-0.1, -0.05) is 6.07 Å². The number of hydrogen-bond acceptors (Lipinski definition) is 5. The normalized spacial score (nSPS) is 18.9. The van der Waals surface area contributed by atoms with Gasteiger partial charge in [-0.2, -0.15) is 0 Å². The maximum Gasteiger partial charge on any atom is 0.0594 e. The van der Waals surface area contributed by atoms with E-state index < -0.39 is 0 Å². The van der Waals surface area contributed by atoms with E-state index >= 15 is 0 Å². The molecule has 3 rings (SSSR count). The van der Waals surface area contributed by atoms with Gasteiger partial charge in [-0.25, -0.2) is 0 Å². The smallest absolute Gasteiger partial charge is 0.0594 e. The first-order valence-electron chi connectivity index (χ1n) is 8.21. The van der Waals surface area contributed by atoms with E-state index in [4.69, 9.17) is 4.74 Å². The Morgan fingerprint density at radius 2 is 2.00 bits per heavy atom. The van der Waals surface area contributed by atoms with Gasteiger partial charge in [0.15, 0.2) is 0 Å². The van der Waals surface area contributed by atoms with Crippen LogP contribution in [0, 0.1) is 0 Å². The van der Waals surface area contributed by atoms with Crippen molar-refractivity contribution in [2.75, 3.05) is 39.9 Å². The average molecular weight is 331 g/mol. The standard InChI is InChI=1S/C18H25N3OS/c1-15(16-5-7-19-8-6-16)20(2)14-17(18-4-3-13-23-18)21-9-11-22-12-10-21/h3-8,13,15,17H,9-12,14H2,1-2H3. The molecule has 0 N–H and O–H groups in total. The Labute approximate surface area is 142 Å². The third-order valence-electron chi connectivity index (χ3n) is 4.67. The minimum Gasteiger partial charge on any atom is -0.379 e. The largest absolute Gasteiger partial charge is 0.379 e. The van der Waals surface area contributed by atoms with Crippen LogP contribution in [-0.2, 0) is 4.74 Å². The highest BCUT2D eigenvalue weighted by Crippen LogP contribution is 2.29. The Hall–Kier alpha value is -1.27. The fourth-order valence-electron chi connectivity index (χ4n) is 3.08. The molecular weight excluding hydrogens is 306 g/mol. The van der Waals surface area contributed by atoms with E-state index in [2.05, 4.69) is 58.4 Å². The second-order valence-corrected chi connectivity index (χ2v) is 7.05. The van der Waals surface area contributed by atoms with Gasteiger partial charge < -0.3 is 4.74 Å². The van der Waals surface area contributed by atoms with Crippen molar-refractivity contribution in [1.29, 1.82) is 0 Å². The summed E-state index contributed by atoms with van der Waals surface area (Å²) >= 11 is 1.86. The topological polar surface area (TPSA) is 28.6 Å². The molecule has 23 heavy (non-hydrogen) atoms. The molecule has 0 spiro atoms. The van der Waals surface area contributed by atoms with Crippen LogP contribution in [0.25, 0.3) is 0 Å². The molecule has 4 nitrogen and oxygen atoms in total. The van der Waals surface area contributed by atoms with Gasteiger partial charge >= 0.3 is 0 Å². The second-order valence-electron chi connectivity index (χ2n) is 6.08. The van der Waals surface area contributed by atoms with Gasteiger partial charge in [0.2, 0.25) is 0 Å². The molecule has 2 aromatic heterocycles. The zero-order valence-electron chi connectivity index (χ0n) is 13.9. The predicted octanol–water partition coefficient (Wildman–Crippen LogP) is 3.21. The van der Waals surface area contributed by atoms with Gasteiger partial charge in [-0.3, -0.25) is 14.8 Å². The highest BCUT2D eigenvalue weighted by Gasteiger charge is 2.26. The number of aromatic nitrogens is 1. The number of morpholine rings is 1. The van der Waals surface area contributed by atoms with Crippen LogP contribution in [0.2, 0.25) is 0 Å². The van der Waals surface area contributed by atoms with E-state index in [1.54, 1.807) is 0 Å². The number of thiophene rings is 1. The van der Waals surface area contributed by atoms with Crippen molar-refractivity contribution < 1.29 is 4.74 Å². The van der Waals surface area contributed by atoms with Gasteiger partial charge in [0.05, 0.1) is 19.3 Å². The van der Waals surface area contributed by atoms with Crippen LogP contribution in [0.15, 0.2) is 42.0 Å². The second kappa shape index (κ2) is 8.02. The van der Waals surface area contributed by atoms with Crippen molar-refractivity contribution in [1.82, 2.24) is 14.8 Å². The average Bonchev–Trinajstić information content (AvgIpc) is 3.14. The highest BCUT2D eigenvalue weighted by atomic mass is 32.1. The van der Waals surface area contributed by atoms with Gasteiger partial charge in [-0.15, -0.1) is 11.3 Å². The molecule has 1 saturated heterocycles. The van der Waals surface area contributed by atoms with Crippen LogP contribution in [-0.4, -0.2) is 54.7 Å². The predicted molar refractivity (Wildman–Crippen MR) is 94.7 cm³/mol. The fourth-order valence-corrected chi connectivity index (χ4v) is 3.93. The number of likely N-dealkylation sites (N-methyl/N-ethyl adjacent to an activating group) is 1. The molecule has 2 atom stereocenters. The summed E-state index contributed by atoms with van der Waals surface area (Å²) in [6.07, 6.45) is 3.75. The van der Waals surface area contributed by atoms with E-state index in [-0.39, 0.29) is 0 Å². The van der Waals surface area contributed by atoms with Crippen LogP contribution in [0.3, 0.4) is 0 Å². The molecule has 0 amide bonds. The number of pyridine rings is 1. The molecule has 1 aliphatic heterocycles. The molecule has 0 radical (unpaired) electrons. The van der Waals surface area contributed by atoms with Crippen LogP contribution in [0.5, 0.6) is 0 Å². The first-order valence-corrected chi connectivity index (χ1v) is 9.09. The van der Waals surface area contributed by atoms with Crippen molar-refractivity contribution in [3.8, 4) is 0 Å². The van der Waals surface area contributed by atoms with Crippen molar-refractivity contribution >= 4 is 11.3 Å². The maximum atomic E-state index is 5.53. The fraction of sp³-hybridized carbons (Fsp3) is 0.500. The lowest BCUT2D eigenvalue weighted by Gasteiger charge is -2.37. The molecule has 2 unspecified atom stereocenters. The Kier molecular flexibility index (Phi) is 5.78. The maximum absolute atomic E-state index is 5.53. The molecule has 2 aromatic rings. The summed E-state index contributed by atoms with van der Waals surface area (Å²) in [4.78, 5) is 10.6. The SMILES string of the molecule is CC(c1ccncc1)N(C)CC(c1cccs1)N1CCOCC1. The Morgan fingerprint density at radius 1 is 1.26 bits per heavy atom. The summed E-state index contributed by atoms with van der Waals surface area (Å²) in [6.45, 7) is 6.99. The monoisotopic (exact) mass is 331 g/mol.